The van der Waals surface area contributed by atoms with Gasteiger partial charge in [0.2, 0.25) is 5.91 Å². The van der Waals surface area contributed by atoms with E-state index in [9.17, 15) is 9.90 Å². The molecule has 0 aromatic heterocycles. The number of piperidine rings is 1. The predicted octanol–water partition coefficient (Wildman–Crippen LogP) is 3.28. The van der Waals surface area contributed by atoms with Crippen molar-refractivity contribution in [1.82, 2.24) is 10.2 Å². The number of carbonyl (C=O) groups excluding carboxylic acids is 1. The van der Waals surface area contributed by atoms with E-state index in [-0.39, 0.29) is 11.8 Å². The molecule has 1 heterocycles. The fourth-order valence-corrected chi connectivity index (χ4v) is 3.78. The maximum atomic E-state index is 12.3. The van der Waals surface area contributed by atoms with Gasteiger partial charge in [-0.2, -0.15) is 0 Å². The van der Waals surface area contributed by atoms with E-state index >= 15 is 0 Å². The summed E-state index contributed by atoms with van der Waals surface area (Å²) in [5, 5.41) is 13.6. The van der Waals surface area contributed by atoms with Crippen molar-refractivity contribution in [2.24, 2.45) is 5.92 Å². The van der Waals surface area contributed by atoms with Gasteiger partial charge in [0.05, 0.1) is 19.3 Å². The van der Waals surface area contributed by atoms with Gasteiger partial charge < -0.3 is 15.2 Å². The van der Waals surface area contributed by atoms with Crippen LogP contribution < -0.4 is 5.32 Å². The number of hydrogen-bond donors (Lipinski definition) is 2. The van der Waals surface area contributed by atoms with Crippen LogP contribution in [0.5, 0.6) is 0 Å². The maximum absolute atomic E-state index is 12.3. The summed E-state index contributed by atoms with van der Waals surface area (Å²) in [6.07, 6.45) is 1.40. The van der Waals surface area contributed by atoms with Crippen LogP contribution in [0.15, 0.2) is 54.6 Å². The molecule has 1 amide bonds. The number of aliphatic hydroxyl groups is 1. The molecule has 2 aromatic rings. The molecule has 29 heavy (non-hydrogen) atoms. The minimum atomic E-state index is -0.419. The molecule has 1 aliphatic heterocycles. The highest BCUT2D eigenvalue weighted by Gasteiger charge is 2.26. The lowest BCUT2D eigenvalue weighted by atomic mass is 9.87. The number of ether oxygens (including phenoxy) is 1. The van der Waals surface area contributed by atoms with Crippen molar-refractivity contribution in [2.45, 2.75) is 39.0 Å². The zero-order chi connectivity index (χ0) is 20.5. The summed E-state index contributed by atoms with van der Waals surface area (Å²) in [4.78, 5) is 14.5. The number of aliphatic hydroxyl groups excluding tert-OH is 1. The van der Waals surface area contributed by atoms with Gasteiger partial charge in [-0.1, -0.05) is 54.6 Å². The molecule has 1 unspecified atom stereocenters. The van der Waals surface area contributed by atoms with Crippen molar-refractivity contribution in [3.8, 4) is 0 Å². The molecule has 5 heteroatoms. The quantitative estimate of drug-likeness (QED) is 0.683. The van der Waals surface area contributed by atoms with Crippen LogP contribution in [0.1, 0.15) is 42.6 Å². The van der Waals surface area contributed by atoms with Crippen LogP contribution in [-0.4, -0.2) is 42.2 Å². The Kier molecular flexibility index (Phi) is 8.23. The van der Waals surface area contributed by atoms with Gasteiger partial charge >= 0.3 is 0 Å². The van der Waals surface area contributed by atoms with E-state index in [1.54, 1.807) is 0 Å². The van der Waals surface area contributed by atoms with Gasteiger partial charge in [-0.15, -0.1) is 0 Å². The Morgan fingerprint density at radius 1 is 1.10 bits per heavy atom. The first-order valence-corrected chi connectivity index (χ1v) is 10.5. The Balaban J connectivity index is 1.37. The lowest BCUT2D eigenvalue weighted by Crippen LogP contribution is -2.42. The highest BCUT2D eigenvalue weighted by atomic mass is 16.5. The molecule has 156 valence electrons. The molecule has 0 aliphatic carbocycles. The molecule has 3 rings (SSSR count). The minimum absolute atomic E-state index is 0.0467. The average molecular weight is 397 g/mol. The van der Waals surface area contributed by atoms with Crippen molar-refractivity contribution in [3.05, 3.63) is 71.3 Å². The molecule has 1 atom stereocenters. The summed E-state index contributed by atoms with van der Waals surface area (Å²) in [7, 11) is 0. The fraction of sp³-hybridized carbons (Fsp3) is 0.458. The largest absolute Gasteiger partial charge is 0.388 e. The van der Waals surface area contributed by atoms with Crippen molar-refractivity contribution in [2.75, 3.05) is 26.2 Å². The van der Waals surface area contributed by atoms with Crippen LogP contribution in [0, 0.1) is 5.92 Å². The smallest absolute Gasteiger partial charge is 0.234 e. The molecule has 1 saturated heterocycles. The van der Waals surface area contributed by atoms with Crippen molar-refractivity contribution in [1.29, 1.82) is 0 Å². The van der Waals surface area contributed by atoms with Gasteiger partial charge in [-0.25, -0.2) is 0 Å². The highest BCUT2D eigenvalue weighted by molar-refractivity contribution is 5.78. The Morgan fingerprint density at radius 2 is 1.76 bits per heavy atom. The zero-order valence-corrected chi connectivity index (χ0v) is 17.2. The SMILES string of the molecule is CCOCc1ccc(CNC(=O)CN2CCC(C(O)c3ccccc3)CC2)cc1. The Bertz CT molecular complexity index is 740. The lowest BCUT2D eigenvalue weighted by Gasteiger charge is -2.34. The average Bonchev–Trinajstić information content (AvgIpc) is 2.77. The van der Waals surface area contributed by atoms with E-state index in [0.29, 0.717) is 26.3 Å². The van der Waals surface area contributed by atoms with Crippen LogP contribution in [0.3, 0.4) is 0 Å². The molecule has 0 spiro atoms. The van der Waals surface area contributed by atoms with Gasteiger partial charge in [-0.3, -0.25) is 9.69 Å². The first-order valence-electron chi connectivity index (χ1n) is 10.5. The molecule has 1 aliphatic rings. The lowest BCUT2D eigenvalue weighted by molar-refractivity contribution is -0.122. The molecular formula is C24H32N2O3. The summed E-state index contributed by atoms with van der Waals surface area (Å²) < 4.78 is 5.40. The van der Waals surface area contributed by atoms with E-state index in [4.69, 9.17) is 4.74 Å². The first-order chi connectivity index (χ1) is 14.2. The standard InChI is InChI=1S/C24H32N2O3/c1-2-29-18-20-10-8-19(9-11-20)16-25-23(27)17-26-14-12-22(13-15-26)24(28)21-6-4-3-5-7-21/h3-11,22,24,28H,2,12-18H2,1H3,(H,25,27). The van der Waals surface area contributed by atoms with Crippen LogP contribution in [-0.2, 0) is 22.7 Å². The van der Waals surface area contributed by atoms with Crippen molar-refractivity contribution < 1.29 is 14.6 Å². The topological polar surface area (TPSA) is 61.8 Å². The van der Waals surface area contributed by atoms with Crippen molar-refractivity contribution >= 4 is 5.91 Å². The van der Waals surface area contributed by atoms with Crippen LogP contribution in [0.25, 0.3) is 0 Å². The molecular weight excluding hydrogens is 364 g/mol. The number of rotatable bonds is 9. The van der Waals surface area contributed by atoms with E-state index in [1.165, 1.54) is 0 Å². The third kappa shape index (κ3) is 6.67. The first kappa shape index (κ1) is 21.5. The van der Waals surface area contributed by atoms with E-state index < -0.39 is 6.10 Å². The monoisotopic (exact) mass is 396 g/mol. The summed E-state index contributed by atoms with van der Waals surface area (Å²) in [6.45, 7) is 5.95. The molecule has 0 bridgehead atoms. The third-order valence-electron chi connectivity index (χ3n) is 5.57. The number of nitrogens with zero attached hydrogens (tertiary/aromatic N) is 1. The fourth-order valence-electron chi connectivity index (χ4n) is 3.78. The summed E-state index contributed by atoms with van der Waals surface area (Å²) in [6, 6.07) is 18.0. The van der Waals surface area contributed by atoms with Gasteiger partial charge in [0.15, 0.2) is 0 Å². The number of amides is 1. The van der Waals surface area contributed by atoms with E-state index in [0.717, 1.165) is 42.6 Å². The molecule has 2 N–H and O–H groups in total. The molecule has 2 aromatic carbocycles. The predicted molar refractivity (Wildman–Crippen MR) is 114 cm³/mol. The summed E-state index contributed by atoms with van der Waals surface area (Å²) >= 11 is 0. The van der Waals surface area contributed by atoms with Crippen LogP contribution >= 0.6 is 0 Å². The Hall–Kier alpha value is -2.21. The van der Waals surface area contributed by atoms with Gasteiger partial charge in [-0.05, 0) is 55.5 Å². The van der Waals surface area contributed by atoms with Gasteiger partial charge in [0.1, 0.15) is 0 Å². The molecule has 1 fully saturated rings. The van der Waals surface area contributed by atoms with Crippen LogP contribution in [0.4, 0.5) is 0 Å². The third-order valence-corrected chi connectivity index (χ3v) is 5.57. The number of hydrogen-bond acceptors (Lipinski definition) is 4. The Labute approximate surface area is 173 Å². The number of nitrogens with one attached hydrogen (secondary N) is 1. The number of benzene rings is 2. The van der Waals surface area contributed by atoms with Gasteiger partial charge in [0, 0.05) is 13.2 Å². The van der Waals surface area contributed by atoms with Crippen molar-refractivity contribution in [3.63, 3.8) is 0 Å². The number of likely N-dealkylation sites (tertiary alicyclic amines) is 1. The number of carbonyl (C=O) groups is 1. The van der Waals surface area contributed by atoms with Crippen LogP contribution in [0.2, 0.25) is 0 Å². The Morgan fingerprint density at radius 3 is 2.41 bits per heavy atom. The molecule has 0 saturated carbocycles. The molecule has 5 nitrogen and oxygen atoms in total. The van der Waals surface area contributed by atoms with E-state index in [1.807, 2.05) is 61.5 Å². The summed E-state index contributed by atoms with van der Waals surface area (Å²) in [5.41, 5.74) is 3.21. The van der Waals surface area contributed by atoms with Gasteiger partial charge in [0.25, 0.3) is 0 Å². The molecule has 0 radical (unpaired) electrons. The summed E-state index contributed by atoms with van der Waals surface area (Å²) in [5.74, 6) is 0.303. The maximum Gasteiger partial charge on any atom is 0.234 e. The minimum Gasteiger partial charge on any atom is -0.388 e. The second kappa shape index (κ2) is 11.1. The second-order valence-electron chi connectivity index (χ2n) is 7.70. The normalized spacial score (nSPS) is 16.5. The highest BCUT2D eigenvalue weighted by Crippen LogP contribution is 2.30. The van der Waals surface area contributed by atoms with E-state index in [2.05, 4.69) is 10.2 Å². The second-order valence-corrected chi connectivity index (χ2v) is 7.70. The zero-order valence-electron chi connectivity index (χ0n) is 17.2.